The first-order chi connectivity index (χ1) is 20.0. The summed E-state index contributed by atoms with van der Waals surface area (Å²) in [5.41, 5.74) is 3.75. The van der Waals surface area contributed by atoms with Gasteiger partial charge in [0.2, 0.25) is 0 Å². The van der Waals surface area contributed by atoms with Gasteiger partial charge in [-0.15, -0.1) is 11.3 Å². The Morgan fingerprint density at radius 3 is 1.95 bits per heavy atom. The smallest absolute Gasteiger partial charge is 0.475 e. The summed E-state index contributed by atoms with van der Waals surface area (Å²) in [5.74, 6) is -5.51. The Labute approximate surface area is 245 Å². The molecule has 0 saturated carbocycles. The molecule has 0 atom stereocenters. The van der Waals surface area contributed by atoms with E-state index in [1.54, 1.807) is 16.0 Å². The number of nitrogens with one attached hydrogen (secondary N) is 1. The first kappa shape index (κ1) is 33.9. The van der Waals surface area contributed by atoms with Crippen LogP contribution in [0, 0.1) is 0 Å². The number of aromatic amines is 1. The number of carboxylic acids is 2. The van der Waals surface area contributed by atoms with Crippen molar-refractivity contribution in [3.05, 3.63) is 79.9 Å². The number of fused-ring (bicyclic) bond motifs is 2. The molecule has 3 N–H and O–H groups in total. The molecular weight excluding hydrogens is 606 g/mol. The van der Waals surface area contributed by atoms with Gasteiger partial charge in [-0.2, -0.15) is 26.3 Å². The maximum Gasteiger partial charge on any atom is 0.490 e. The van der Waals surface area contributed by atoms with E-state index >= 15 is 0 Å². The molecule has 5 rings (SSSR count). The summed E-state index contributed by atoms with van der Waals surface area (Å²) in [4.78, 5) is 37.0. The van der Waals surface area contributed by atoms with Gasteiger partial charge in [0, 0.05) is 49.2 Å². The first-order valence-corrected chi connectivity index (χ1v) is 13.8. The number of benzene rings is 1. The van der Waals surface area contributed by atoms with Crippen LogP contribution in [0.3, 0.4) is 0 Å². The minimum absolute atomic E-state index is 0.0540. The zero-order chi connectivity index (χ0) is 32.0. The standard InChI is InChI=1S/C23H28N4OS.2C2HF3O2/c1-25-22(28)20-16-27(15-19-8-5-13-29-19)17-23(21(20)24-25)9-11-26(12-10-23)14-18-6-3-2-4-7-18;2*3-2(4,5)1(6)7/h2-8,13,24H,9-12,14-17H2,1H3;2*(H,6,7). The second-order valence-electron chi connectivity index (χ2n) is 10.2. The summed E-state index contributed by atoms with van der Waals surface area (Å²) in [5, 5.41) is 19.8. The minimum Gasteiger partial charge on any atom is -0.475 e. The molecule has 2 aliphatic rings. The fourth-order valence-electron chi connectivity index (χ4n) is 5.09. The predicted octanol–water partition coefficient (Wildman–Crippen LogP) is 4.59. The summed E-state index contributed by atoms with van der Waals surface area (Å²) in [7, 11) is 1.85. The van der Waals surface area contributed by atoms with Crippen molar-refractivity contribution >= 4 is 23.3 Å². The Kier molecular flexibility index (Phi) is 10.8. The number of nitrogens with zero attached hydrogens (tertiary/aromatic N) is 3. The van der Waals surface area contributed by atoms with E-state index < -0.39 is 24.3 Å². The van der Waals surface area contributed by atoms with Gasteiger partial charge >= 0.3 is 24.3 Å². The topological polar surface area (TPSA) is 119 Å². The highest BCUT2D eigenvalue weighted by atomic mass is 32.1. The van der Waals surface area contributed by atoms with Gasteiger partial charge in [-0.05, 0) is 42.9 Å². The number of alkyl halides is 6. The second kappa shape index (κ2) is 13.8. The summed E-state index contributed by atoms with van der Waals surface area (Å²) < 4.78 is 65.2. The molecule has 1 fully saturated rings. The van der Waals surface area contributed by atoms with Crippen LogP contribution in [0.2, 0.25) is 0 Å². The van der Waals surface area contributed by atoms with Crippen molar-refractivity contribution in [2.45, 2.75) is 50.2 Å². The van der Waals surface area contributed by atoms with Gasteiger partial charge in [0.15, 0.2) is 0 Å². The average Bonchev–Trinajstić information content (AvgIpc) is 3.54. The summed E-state index contributed by atoms with van der Waals surface area (Å²) in [6.07, 6.45) is -7.98. The van der Waals surface area contributed by atoms with Gasteiger partial charge < -0.3 is 10.2 Å². The molecule has 236 valence electrons. The number of H-pyrrole nitrogens is 1. The van der Waals surface area contributed by atoms with Crippen LogP contribution in [0.25, 0.3) is 0 Å². The Balaban J connectivity index is 0.000000303. The molecule has 0 bridgehead atoms. The number of carbonyl (C=O) groups is 2. The van der Waals surface area contributed by atoms with Gasteiger partial charge in [0.25, 0.3) is 5.56 Å². The molecule has 4 heterocycles. The molecular formula is C27H30F6N4O5S. The summed E-state index contributed by atoms with van der Waals surface area (Å²) >= 11 is 1.80. The average molecular weight is 637 g/mol. The van der Waals surface area contributed by atoms with E-state index in [0.29, 0.717) is 0 Å². The molecule has 16 heteroatoms. The lowest BCUT2D eigenvalue weighted by atomic mass is 9.72. The fraction of sp³-hybridized carbons (Fsp3) is 0.444. The van der Waals surface area contributed by atoms with E-state index in [1.165, 1.54) is 16.1 Å². The van der Waals surface area contributed by atoms with E-state index in [2.05, 4.69) is 62.7 Å². The molecule has 0 amide bonds. The van der Waals surface area contributed by atoms with E-state index in [1.807, 2.05) is 7.05 Å². The summed E-state index contributed by atoms with van der Waals surface area (Å²) in [6, 6.07) is 15.0. The van der Waals surface area contributed by atoms with Crippen LogP contribution in [0.15, 0.2) is 52.6 Å². The van der Waals surface area contributed by atoms with Crippen LogP contribution >= 0.6 is 11.3 Å². The summed E-state index contributed by atoms with van der Waals surface area (Å²) in [6.45, 7) is 5.85. The molecule has 2 aliphatic heterocycles. The zero-order valence-corrected chi connectivity index (χ0v) is 23.7. The van der Waals surface area contributed by atoms with E-state index in [-0.39, 0.29) is 11.0 Å². The molecule has 0 unspecified atom stereocenters. The van der Waals surface area contributed by atoms with Crippen LogP contribution in [0.4, 0.5) is 26.3 Å². The Hall–Kier alpha value is -3.63. The number of hydrogen-bond donors (Lipinski definition) is 3. The van der Waals surface area contributed by atoms with Gasteiger partial charge in [-0.3, -0.25) is 24.4 Å². The molecule has 3 aromatic rings. The number of rotatable bonds is 4. The fourth-order valence-corrected chi connectivity index (χ4v) is 5.84. The molecule has 2 aromatic heterocycles. The van der Waals surface area contributed by atoms with E-state index in [4.69, 9.17) is 19.8 Å². The van der Waals surface area contributed by atoms with Crippen molar-refractivity contribution in [1.82, 2.24) is 19.6 Å². The Morgan fingerprint density at radius 1 is 0.907 bits per heavy atom. The van der Waals surface area contributed by atoms with Crippen LogP contribution in [-0.2, 0) is 41.7 Å². The molecule has 43 heavy (non-hydrogen) atoms. The maximum atomic E-state index is 12.8. The Morgan fingerprint density at radius 2 is 1.47 bits per heavy atom. The quantitative estimate of drug-likeness (QED) is 0.359. The van der Waals surface area contributed by atoms with Gasteiger partial charge in [0.1, 0.15) is 0 Å². The number of likely N-dealkylation sites (tertiary alicyclic amines) is 1. The van der Waals surface area contributed by atoms with E-state index in [9.17, 15) is 31.1 Å². The molecule has 1 spiro atoms. The van der Waals surface area contributed by atoms with Crippen molar-refractivity contribution in [2.75, 3.05) is 19.6 Å². The number of piperidine rings is 1. The highest BCUT2D eigenvalue weighted by molar-refractivity contribution is 7.09. The lowest BCUT2D eigenvalue weighted by Crippen LogP contribution is -2.52. The van der Waals surface area contributed by atoms with Gasteiger partial charge in [0.05, 0.1) is 5.56 Å². The second-order valence-corrected chi connectivity index (χ2v) is 11.2. The van der Waals surface area contributed by atoms with Gasteiger partial charge in [-0.25, -0.2) is 9.59 Å². The van der Waals surface area contributed by atoms with Crippen LogP contribution in [0.1, 0.15) is 34.5 Å². The normalized spacial score (nSPS) is 16.8. The third-order valence-corrected chi connectivity index (χ3v) is 7.95. The number of aryl methyl sites for hydroxylation is 1. The first-order valence-electron chi connectivity index (χ1n) is 12.9. The highest BCUT2D eigenvalue weighted by Gasteiger charge is 2.44. The maximum absolute atomic E-state index is 12.8. The molecule has 0 aliphatic carbocycles. The van der Waals surface area contributed by atoms with Crippen molar-refractivity contribution < 1.29 is 46.1 Å². The lowest BCUT2D eigenvalue weighted by molar-refractivity contribution is -0.193. The number of halogens is 6. The third kappa shape index (κ3) is 9.18. The van der Waals surface area contributed by atoms with E-state index in [0.717, 1.165) is 57.7 Å². The van der Waals surface area contributed by atoms with Crippen molar-refractivity contribution in [3.63, 3.8) is 0 Å². The number of carboxylic acid groups (broad SMARTS) is 2. The molecule has 0 radical (unpaired) electrons. The Bertz CT molecular complexity index is 1390. The third-order valence-electron chi connectivity index (χ3n) is 7.09. The van der Waals surface area contributed by atoms with Crippen molar-refractivity contribution in [3.8, 4) is 0 Å². The molecule has 9 nitrogen and oxygen atoms in total. The van der Waals surface area contributed by atoms with Crippen LogP contribution in [0.5, 0.6) is 0 Å². The predicted molar refractivity (Wildman–Crippen MR) is 144 cm³/mol. The van der Waals surface area contributed by atoms with Crippen LogP contribution < -0.4 is 5.56 Å². The highest BCUT2D eigenvalue weighted by Crippen LogP contribution is 2.40. The van der Waals surface area contributed by atoms with Crippen molar-refractivity contribution in [1.29, 1.82) is 0 Å². The number of aliphatic carboxylic acids is 2. The number of thiophene rings is 1. The largest absolute Gasteiger partial charge is 0.490 e. The molecule has 1 saturated heterocycles. The van der Waals surface area contributed by atoms with Crippen molar-refractivity contribution in [2.24, 2.45) is 7.05 Å². The zero-order valence-electron chi connectivity index (χ0n) is 22.9. The minimum atomic E-state index is -5.08. The number of aromatic nitrogens is 2. The SMILES string of the molecule is Cn1[nH]c2c(c1=O)CN(Cc1cccs1)CC21CCN(Cc2ccccc2)CC1.O=C(O)C(F)(F)F.O=C(O)C(F)(F)F. The number of hydrogen-bond acceptors (Lipinski definition) is 6. The van der Waals surface area contributed by atoms with Gasteiger partial charge in [-0.1, -0.05) is 36.4 Å². The van der Waals surface area contributed by atoms with Crippen LogP contribution in [-0.4, -0.2) is 73.7 Å². The molecule has 1 aromatic carbocycles. The lowest BCUT2D eigenvalue weighted by Gasteiger charge is -2.47. The monoisotopic (exact) mass is 636 g/mol.